The van der Waals surface area contributed by atoms with Gasteiger partial charge in [-0.2, -0.15) is 0 Å². The Kier molecular flexibility index (Phi) is 5.23. The lowest BCUT2D eigenvalue weighted by atomic mass is 9.73. The summed E-state index contributed by atoms with van der Waals surface area (Å²) >= 11 is 0. The number of amides is 6. The van der Waals surface area contributed by atoms with Gasteiger partial charge in [0.2, 0.25) is 5.91 Å². The lowest BCUT2D eigenvalue weighted by Crippen LogP contribution is -2.54. The molecule has 1 saturated heterocycles. The van der Waals surface area contributed by atoms with Gasteiger partial charge in [0, 0.05) is 11.8 Å². The average molecular weight is 416 g/mol. The maximum absolute atomic E-state index is 12.9. The molecule has 1 spiro atoms. The molecule has 0 unspecified atom stereocenters. The summed E-state index contributed by atoms with van der Waals surface area (Å²) < 4.78 is 10.9. The Bertz CT molecular complexity index is 903. The van der Waals surface area contributed by atoms with E-state index in [9.17, 15) is 19.2 Å². The van der Waals surface area contributed by atoms with E-state index in [0.717, 1.165) is 24.2 Å². The summed E-state index contributed by atoms with van der Waals surface area (Å²) in [5.41, 5.74) is -0.530. The van der Waals surface area contributed by atoms with E-state index in [0.29, 0.717) is 36.8 Å². The van der Waals surface area contributed by atoms with Gasteiger partial charge in [0.1, 0.15) is 25.3 Å². The van der Waals surface area contributed by atoms with Crippen LogP contribution in [0.15, 0.2) is 18.2 Å². The molecule has 2 aliphatic heterocycles. The Hall–Kier alpha value is -3.30. The summed E-state index contributed by atoms with van der Waals surface area (Å²) in [5, 5.41) is 7.45. The van der Waals surface area contributed by atoms with Crippen molar-refractivity contribution in [3.05, 3.63) is 18.2 Å². The molecule has 0 bridgehead atoms. The van der Waals surface area contributed by atoms with E-state index in [1.807, 2.05) is 6.92 Å². The van der Waals surface area contributed by atoms with E-state index in [2.05, 4.69) is 16.0 Å². The summed E-state index contributed by atoms with van der Waals surface area (Å²) in [4.78, 5) is 50.6. The Morgan fingerprint density at radius 2 is 1.97 bits per heavy atom. The zero-order valence-electron chi connectivity index (χ0n) is 16.7. The Morgan fingerprint density at radius 3 is 2.73 bits per heavy atom. The molecule has 2 atom stereocenters. The van der Waals surface area contributed by atoms with Crippen molar-refractivity contribution in [2.45, 2.75) is 38.1 Å². The summed E-state index contributed by atoms with van der Waals surface area (Å²) in [5.74, 6) is -0.0882. The third kappa shape index (κ3) is 3.64. The Balaban J connectivity index is 1.34. The molecule has 2 fully saturated rings. The van der Waals surface area contributed by atoms with Crippen LogP contribution >= 0.6 is 0 Å². The first-order chi connectivity index (χ1) is 14.4. The van der Waals surface area contributed by atoms with Crippen molar-refractivity contribution >= 4 is 29.6 Å². The topological polar surface area (TPSA) is 126 Å². The van der Waals surface area contributed by atoms with E-state index in [1.54, 1.807) is 18.2 Å². The minimum Gasteiger partial charge on any atom is -0.486 e. The first-order valence-corrected chi connectivity index (χ1v) is 10.0. The maximum Gasteiger partial charge on any atom is 0.325 e. The first-order valence-electron chi connectivity index (χ1n) is 10.0. The van der Waals surface area contributed by atoms with Crippen molar-refractivity contribution in [2.24, 2.45) is 5.92 Å². The zero-order chi connectivity index (χ0) is 21.3. The van der Waals surface area contributed by atoms with Crippen molar-refractivity contribution in [3.63, 3.8) is 0 Å². The van der Waals surface area contributed by atoms with Gasteiger partial charge in [-0.25, -0.2) is 9.59 Å². The third-order valence-corrected chi connectivity index (χ3v) is 5.86. The highest BCUT2D eigenvalue weighted by atomic mass is 16.6. The van der Waals surface area contributed by atoms with Crippen LogP contribution < -0.4 is 25.4 Å². The molecule has 4 rings (SSSR count). The number of hydrogen-bond acceptors (Lipinski definition) is 6. The Labute approximate surface area is 173 Å². The zero-order valence-corrected chi connectivity index (χ0v) is 16.7. The summed E-state index contributed by atoms with van der Waals surface area (Å²) in [6.07, 6.45) is 3.24. The molecule has 30 heavy (non-hydrogen) atoms. The number of anilines is 1. The number of benzene rings is 1. The quantitative estimate of drug-likeness (QED) is 0.643. The molecule has 10 heteroatoms. The monoisotopic (exact) mass is 416 g/mol. The molecule has 2 heterocycles. The highest BCUT2D eigenvalue weighted by Gasteiger charge is 2.55. The van der Waals surface area contributed by atoms with E-state index in [-0.39, 0.29) is 5.92 Å². The second-order valence-electron chi connectivity index (χ2n) is 7.80. The van der Waals surface area contributed by atoms with Gasteiger partial charge in [-0.15, -0.1) is 0 Å². The number of ether oxygens (including phenoxy) is 2. The van der Waals surface area contributed by atoms with Gasteiger partial charge in [0.25, 0.3) is 5.91 Å². The average Bonchev–Trinajstić information content (AvgIpc) is 2.95. The summed E-state index contributed by atoms with van der Waals surface area (Å²) in [7, 11) is 0. The lowest BCUT2D eigenvalue weighted by molar-refractivity contribution is -0.137. The van der Waals surface area contributed by atoms with Gasteiger partial charge < -0.3 is 20.1 Å². The number of nitrogens with zero attached hydrogens (tertiary/aromatic N) is 1. The lowest BCUT2D eigenvalue weighted by Gasteiger charge is -2.36. The number of carbonyl (C=O) groups excluding carboxylic acids is 4. The van der Waals surface area contributed by atoms with Crippen LogP contribution in [0.1, 0.15) is 32.6 Å². The van der Waals surface area contributed by atoms with Crippen LogP contribution in [-0.2, 0) is 9.59 Å². The van der Waals surface area contributed by atoms with Crippen molar-refractivity contribution < 1.29 is 28.7 Å². The van der Waals surface area contributed by atoms with Crippen molar-refractivity contribution in [1.82, 2.24) is 15.5 Å². The maximum atomic E-state index is 12.9. The fourth-order valence-corrected chi connectivity index (χ4v) is 4.23. The van der Waals surface area contributed by atoms with Gasteiger partial charge in [-0.1, -0.05) is 19.8 Å². The molecule has 3 aliphatic rings. The normalized spacial score (nSPS) is 25.1. The molecule has 10 nitrogen and oxygen atoms in total. The predicted octanol–water partition coefficient (Wildman–Crippen LogP) is 1.61. The van der Waals surface area contributed by atoms with Crippen LogP contribution in [0.3, 0.4) is 0 Å². The van der Waals surface area contributed by atoms with Crippen LogP contribution in [-0.4, -0.2) is 54.1 Å². The smallest absolute Gasteiger partial charge is 0.325 e. The van der Waals surface area contributed by atoms with E-state index in [1.165, 1.54) is 0 Å². The molecule has 3 N–H and O–H groups in total. The number of imide groups is 2. The molecule has 1 aromatic carbocycles. The SMILES string of the molecule is C[C@@H]1CCCC[C@]12NC(=O)N(CC(=O)NC(=O)Nc1ccc3c(c1)OCCO3)C2=O. The van der Waals surface area contributed by atoms with Crippen LogP contribution in [0.4, 0.5) is 15.3 Å². The first kappa shape index (κ1) is 20.0. The van der Waals surface area contributed by atoms with E-state index < -0.39 is 36.0 Å². The number of fused-ring (bicyclic) bond motifs is 1. The third-order valence-electron chi connectivity index (χ3n) is 5.86. The Morgan fingerprint density at radius 1 is 1.20 bits per heavy atom. The second-order valence-corrected chi connectivity index (χ2v) is 7.80. The van der Waals surface area contributed by atoms with Crippen molar-refractivity contribution in [1.29, 1.82) is 0 Å². The molecule has 6 amide bonds. The van der Waals surface area contributed by atoms with Crippen molar-refractivity contribution in [3.8, 4) is 11.5 Å². The molecule has 1 saturated carbocycles. The second kappa shape index (κ2) is 7.85. The molecule has 1 aliphatic carbocycles. The van der Waals surface area contributed by atoms with Crippen molar-refractivity contribution in [2.75, 3.05) is 25.1 Å². The number of urea groups is 2. The van der Waals surface area contributed by atoms with Gasteiger partial charge >= 0.3 is 12.1 Å². The summed E-state index contributed by atoms with van der Waals surface area (Å²) in [6, 6.07) is 3.48. The minimum atomic E-state index is -0.941. The molecular formula is C20H24N4O6. The fourth-order valence-electron chi connectivity index (χ4n) is 4.23. The molecule has 0 radical (unpaired) electrons. The molecular weight excluding hydrogens is 392 g/mol. The number of hydrogen-bond donors (Lipinski definition) is 3. The minimum absolute atomic E-state index is 0.00531. The number of carbonyl (C=O) groups is 4. The van der Waals surface area contributed by atoms with Crippen LogP contribution in [0.25, 0.3) is 0 Å². The number of nitrogens with one attached hydrogen (secondary N) is 3. The highest BCUT2D eigenvalue weighted by molar-refractivity contribution is 6.10. The molecule has 0 aromatic heterocycles. The van der Waals surface area contributed by atoms with E-state index in [4.69, 9.17) is 9.47 Å². The van der Waals surface area contributed by atoms with Gasteiger partial charge in [-0.3, -0.25) is 19.8 Å². The highest BCUT2D eigenvalue weighted by Crippen LogP contribution is 2.38. The fraction of sp³-hybridized carbons (Fsp3) is 0.500. The molecule has 160 valence electrons. The van der Waals surface area contributed by atoms with Gasteiger partial charge in [0.15, 0.2) is 11.5 Å². The summed E-state index contributed by atoms with van der Waals surface area (Å²) in [6.45, 7) is 2.28. The molecule has 1 aromatic rings. The van der Waals surface area contributed by atoms with Gasteiger partial charge in [-0.05, 0) is 30.9 Å². The van der Waals surface area contributed by atoms with Gasteiger partial charge in [0.05, 0.1) is 0 Å². The van der Waals surface area contributed by atoms with E-state index >= 15 is 0 Å². The van der Waals surface area contributed by atoms with Crippen LogP contribution in [0, 0.1) is 5.92 Å². The number of rotatable bonds is 3. The predicted molar refractivity (Wildman–Crippen MR) is 105 cm³/mol. The van der Waals surface area contributed by atoms with Crippen LogP contribution in [0.2, 0.25) is 0 Å². The largest absolute Gasteiger partial charge is 0.486 e. The standard InChI is InChI=1S/C20H24N4O6/c1-12-4-2-3-7-20(12)17(26)24(19(28)23-20)11-16(25)22-18(27)21-13-5-6-14-15(10-13)30-9-8-29-14/h5-6,10,12H,2-4,7-9,11H2,1H3,(H,23,28)(H2,21,22,25,27)/t12-,20+/m1/s1. The van der Waals surface area contributed by atoms with Crippen LogP contribution in [0.5, 0.6) is 11.5 Å².